The normalized spacial score (nSPS) is 19.1. The first-order valence-electron chi connectivity index (χ1n) is 24.5. The molecule has 1 atom stereocenters. The van der Waals surface area contributed by atoms with E-state index in [2.05, 4.69) is 67.9 Å². The number of aromatic nitrogens is 4. The number of piperidine rings is 1. The summed E-state index contributed by atoms with van der Waals surface area (Å²) in [4.78, 5) is 57.3. The number of hydrogen-bond donors (Lipinski definition) is 3. The molecule has 3 aliphatic heterocycles. The molecule has 0 bridgehead atoms. The van der Waals surface area contributed by atoms with Gasteiger partial charge in [0.1, 0.15) is 16.9 Å². The average Bonchev–Trinajstić information content (AvgIpc) is 4.05. The van der Waals surface area contributed by atoms with Gasteiger partial charge < -0.3 is 24.5 Å². The van der Waals surface area contributed by atoms with Gasteiger partial charge in [-0.3, -0.25) is 29.6 Å². The van der Waals surface area contributed by atoms with Crippen LogP contribution in [0.5, 0.6) is 0 Å². The number of benzene rings is 3. The van der Waals surface area contributed by atoms with Gasteiger partial charge in [0.25, 0.3) is 21.6 Å². The third-order valence-corrected chi connectivity index (χ3v) is 16.9. The quantitative estimate of drug-likeness (QED) is 0.0598. The molecule has 3 aromatic carbocycles. The molecule has 4 aliphatic rings. The van der Waals surface area contributed by atoms with Crippen LogP contribution in [-0.4, -0.2) is 89.1 Å². The number of rotatable bonds is 12. The fourth-order valence-electron chi connectivity index (χ4n) is 11.8. The number of ether oxygens (including phenoxy) is 1. The molecule has 1 spiro atoms. The number of carbonyl (C=O) groups excluding carboxylic acids is 1. The second-order valence-electron chi connectivity index (χ2n) is 20.1. The largest absolute Gasteiger partial charge is 0.381 e. The lowest BCUT2D eigenvalue weighted by molar-refractivity contribution is -0.384. The predicted octanol–water partition coefficient (Wildman–Crippen LogP) is 8.99. The van der Waals surface area contributed by atoms with Gasteiger partial charge in [-0.25, -0.2) is 18.1 Å². The van der Waals surface area contributed by atoms with E-state index in [1.54, 1.807) is 29.1 Å². The van der Waals surface area contributed by atoms with Crippen LogP contribution in [0, 0.1) is 21.4 Å². The van der Waals surface area contributed by atoms with Crippen molar-refractivity contribution in [2.45, 2.75) is 88.1 Å². The van der Waals surface area contributed by atoms with Gasteiger partial charge in [-0.05, 0) is 135 Å². The molecule has 4 fully saturated rings. The second-order valence-corrected chi connectivity index (χ2v) is 21.7. The lowest BCUT2D eigenvalue weighted by Crippen LogP contribution is -2.55. The number of likely N-dealkylation sites (tertiary alicyclic amines) is 1. The molecule has 70 heavy (non-hydrogen) atoms. The van der Waals surface area contributed by atoms with Crippen molar-refractivity contribution in [3.8, 4) is 5.69 Å². The Morgan fingerprint density at radius 1 is 0.971 bits per heavy atom. The van der Waals surface area contributed by atoms with Gasteiger partial charge in [0.05, 0.1) is 43.7 Å². The van der Waals surface area contributed by atoms with Crippen LogP contribution < -0.4 is 20.4 Å². The molecule has 0 unspecified atom stereocenters. The molecular formula is C53H57N9O7S. The topological polar surface area (TPSA) is 198 Å². The molecule has 1 aliphatic carbocycles. The third kappa shape index (κ3) is 8.36. The highest BCUT2D eigenvalue weighted by Crippen LogP contribution is 2.54. The summed E-state index contributed by atoms with van der Waals surface area (Å²) in [5.74, 6) is -0.231. The minimum atomic E-state index is -4.65. The summed E-state index contributed by atoms with van der Waals surface area (Å²) in [6.45, 7) is 8.98. The van der Waals surface area contributed by atoms with Crippen LogP contribution in [0.25, 0.3) is 38.7 Å². The number of aromatic amines is 1. The van der Waals surface area contributed by atoms with Crippen molar-refractivity contribution in [3.63, 3.8) is 0 Å². The van der Waals surface area contributed by atoms with E-state index in [0.717, 1.165) is 62.5 Å². The van der Waals surface area contributed by atoms with Crippen LogP contribution >= 0.6 is 0 Å². The molecule has 7 aromatic rings. The predicted molar refractivity (Wildman–Crippen MR) is 270 cm³/mol. The van der Waals surface area contributed by atoms with E-state index in [0.29, 0.717) is 65.5 Å². The number of H-pyrrole nitrogens is 1. The van der Waals surface area contributed by atoms with E-state index in [1.165, 1.54) is 55.1 Å². The highest BCUT2D eigenvalue weighted by molar-refractivity contribution is 7.90. The lowest BCUT2D eigenvalue weighted by Gasteiger charge is -2.56. The van der Waals surface area contributed by atoms with Crippen molar-refractivity contribution in [1.82, 2.24) is 29.1 Å². The number of fused-ring (bicyclic) bond motifs is 3. The molecule has 3 N–H and O–H groups in total. The number of nitro benzene ring substituents is 1. The highest BCUT2D eigenvalue weighted by Gasteiger charge is 2.50. The SMILES string of the molecule is CC(C)c1ccccc1[C@@H]1CCCN1C1CC2(CCN(c3ccc(C(=O)NS(=O)(=O)c4ccc(NCC5CCOCC5)c([N+](=O)[O-])c4)c(-n4c5cnccc5c(=O)c5nc6[nH]ccc6cc54)c3)CC2)C1. The van der Waals surface area contributed by atoms with E-state index in [1.807, 2.05) is 24.3 Å². The number of nitrogens with one attached hydrogen (secondary N) is 3. The maximum Gasteiger partial charge on any atom is 0.293 e. The number of hydrogen-bond acceptors (Lipinski definition) is 12. The Bertz CT molecular complexity index is 3350. The molecule has 362 valence electrons. The molecule has 1 amide bonds. The fraction of sp³-hybridized carbons (Fsp3) is 0.396. The van der Waals surface area contributed by atoms with Crippen molar-refractivity contribution < 1.29 is 22.9 Å². The maximum absolute atomic E-state index is 14.6. The Hall–Kier alpha value is -6.69. The van der Waals surface area contributed by atoms with Gasteiger partial charge in [0.15, 0.2) is 0 Å². The molecule has 3 saturated heterocycles. The van der Waals surface area contributed by atoms with Gasteiger partial charge in [-0.15, -0.1) is 0 Å². The van der Waals surface area contributed by atoms with E-state index in [4.69, 9.17) is 9.72 Å². The van der Waals surface area contributed by atoms with E-state index >= 15 is 0 Å². The van der Waals surface area contributed by atoms with Crippen LogP contribution in [-0.2, 0) is 14.8 Å². The zero-order valence-electron chi connectivity index (χ0n) is 39.4. The van der Waals surface area contributed by atoms with Crippen molar-refractivity contribution >= 4 is 66.0 Å². The number of sulfonamides is 1. The molecule has 4 aromatic heterocycles. The van der Waals surface area contributed by atoms with Gasteiger partial charge in [0, 0.05) is 74.5 Å². The van der Waals surface area contributed by atoms with E-state index in [9.17, 15) is 28.1 Å². The number of pyridine rings is 3. The standard InChI is InChI=1S/C53H57N9O7S/c1-33(2)39-6-3-4-7-40(39)44-8-5-21-60(44)37-29-53(30-37)17-22-59(23-18-53)36-9-11-42(45(27-36)61-47-26-35-13-20-55-51(35)57-49(47)50(63)41-14-19-54-32-48(41)61)52(64)58-70(67,68)38-10-12-43(46(28-38)62(65)66)56-31-34-15-24-69-25-16-34/h3-4,6-7,9-14,19-20,26-28,32-34,37,44,56H,5,8,15-18,21-25,29-31H2,1-2H3,(H,55,57)(H,58,64)/t44-/m0/s1. The number of anilines is 2. The molecule has 0 radical (unpaired) electrons. The minimum absolute atomic E-state index is 0.00429. The zero-order valence-corrected chi connectivity index (χ0v) is 40.2. The van der Waals surface area contributed by atoms with Crippen LogP contribution in [0.1, 0.15) is 98.7 Å². The highest BCUT2D eigenvalue weighted by atomic mass is 32.2. The smallest absolute Gasteiger partial charge is 0.293 e. The van der Waals surface area contributed by atoms with Gasteiger partial charge in [-0.1, -0.05) is 38.1 Å². The summed E-state index contributed by atoms with van der Waals surface area (Å²) in [7, 11) is -4.65. The van der Waals surface area contributed by atoms with Crippen molar-refractivity contribution in [1.29, 1.82) is 0 Å². The lowest BCUT2D eigenvalue weighted by atomic mass is 9.59. The summed E-state index contributed by atoms with van der Waals surface area (Å²) in [6.07, 6.45) is 13.2. The maximum atomic E-state index is 14.6. The van der Waals surface area contributed by atoms with Crippen molar-refractivity contribution in [2.24, 2.45) is 11.3 Å². The molecular weight excluding hydrogens is 907 g/mol. The first-order chi connectivity index (χ1) is 33.9. The molecule has 17 heteroatoms. The Labute approximate surface area is 405 Å². The first kappa shape index (κ1) is 45.7. The Morgan fingerprint density at radius 2 is 1.77 bits per heavy atom. The number of nitro groups is 1. The Kier molecular flexibility index (Phi) is 11.9. The summed E-state index contributed by atoms with van der Waals surface area (Å²) in [5, 5.41) is 16.5. The Morgan fingerprint density at radius 3 is 2.56 bits per heavy atom. The fourth-order valence-corrected chi connectivity index (χ4v) is 12.8. The molecule has 11 rings (SSSR count). The third-order valence-electron chi connectivity index (χ3n) is 15.6. The van der Waals surface area contributed by atoms with Crippen molar-refractivity contribution in [2.75, 3.05) is 49.6 Å². The van der Waals surface area contributed by atoms with Crippen LogP contribution in [0.3, 0.4) is 0 Å². The summed E-state index contributed by atoms with van der Waals surface area (Å²) < 4.78 is 37.7. The van der Waals surface area contributed by atoms with E-state index < -0.39 is 31.4 Å². The van der Waals surface area contributed by atoms with Gasteiger partial charge >= 0.3 is 0 Å². The summed E-state index contributed by atoms with van der Waals surface area (Å²) >= 11 is 0. The Balaban J connectivity index is 0.909. The van der Waals surface area contributed by atoms with Gasteiger partial charge in [-0.2, -0.15) is 0 Å². The van der Waals surface area contributed by atoms with Gasteiger partial charge in [0.2, 0.25) is 5.43 Å². The second kappa shape index (κ2) is 18.2. The van der Waals surface area contributed by atoms with Crippen LogP contribution in [0.4, 0.5) is 17.1 Å². The summed E-state index contributed by atoms with van der Waals surface area (Å²) in [5.41, 5.74) is 5.24. The number of carbonyl (C=O) groups is 1. The monoisotopic (exact) mass is 963 g/mol. The van der Waals surface area contributed by atoms with E-state index in [-0.39, 0.29) is 33.5 Å². The van der Waals surface area contributed by atoms with Crippen LogP contribution in [0.15, 0.2) is 107 Å². The van der Waals surface area contributed by atoms with Crippen molar-refractivity contribution in [3.05, 3.63) is 134 Å². The average molecular weight is 964 g/mol. The minimum Gasteiger partial charge on any atom is -0.381 e. The molecule has 16 nitrogen and oxygen atoms in total. The molecule has 7 heterocycles. The first-order valence-corrected chi connectivity index (χ1v) is 26.0. The van der Waals surface area contributed by atoms with Crippen LogP contribution in [0.2, 0.25) is 0 Å². The number of amides is 1. The summed E-state index contributed by atoms with van der Waals surface area (Å²) in [6, 6.07) is 24.2. The number of nitrogens with zero attached hydrogens (tertiary/aromatic N) is 6. The molecule has 1 saturated carbocycles. The zero-order chi connectivity index (χ0) is 48.3.